The first-order valence-corrected chi connectivity index (χ1v) is 6.35. The molecule has 0 bridgehead atoms. The van der Waals surface area contributed by atoms with Crippen molar-refractivity contribution < 1.29 is 0 Å². The molecule has 16 heavy (non-hydrogen) atoms. The minimum atomic E-state index is 0.170. The van der Waals surface area contributed by atoms with E-state index in [1.807, 2.05) is 0 Å². The lowest BCUT2D eigenvalue weighted by molar-refractivity contribution is 0.682. The Morgan fingerprint density at radius 2 is 2.19 bits per heavy atom. The molecule has 0 radical (unpaired) electrons. The van der Waals surface area contributed by atoms with E-state index < -0.39 is 0 Å². The zero-order valence-corrected chi connectivity index (χ0v) is 10.3. The molecule has 1 aromatic carbocycles. The molecule has 1 aromatic rings. The molecule has 0 aliphatic carbocycles. The standard InChI is InChI=1S/C14H22N2/c1-3-13(15)12-8-4-5-9-14(12)16-10-6-7-11(16)2/h4-5,8-9,11,13H,3,6-7,10,15H2,1-2H3/t11?,13-/m1/s1. The summed E-state index contributed by atoms with van der Waals surface area (Å²) in [5, 5.41) is 0. The normalized spacial score (nSPS) is 22.4. The van der Waals surface area contributed by atoms with Gasteiger partial charge < -0.3 is 10.6 Å². The highest BCUT2D eigenvalue weighted by molar-refractivity contribution is 5.56. The molecular weight excluding hydrogens is 196 g/mol. The molecule has 1 fully saturated rings. The van der Waals surface area contributed by atoms with E-state index >= 15 is 0 Å². The Balaban J connectivity index is 2.32. The van der Waals surface area contributed by atoms with Gasteiger partial charge in [0.1, 0.15) is 0 Å². The van der Waals surface area contributed by atoms with Crippen molar-refractivity contribution in [1.82, 2.24) is 0 Å². The quantitative estimate of drug-likeness (QED) is 0.844. The van der Waals surface area contributed by atoms with Crippen LogP contribution in [-0.2, 0) is 0 Å². The molecule has 2 heteroatoms. The predicted molar refractivity (Wildman–Crippen MR) is 69.7 cm³/mol. The molecule has 2 N–H and O–H groups in total. The fraction of sp³-hybridized carbons (Fsp3) is 0.571. The van der Waals surface area contributed by atoms with Crippen LogP contribution in [0.1, 0.15) is 44.7 Å². The van der Waals surface area contributed by atoms with Crippen molar-refractivity contribution >= 4 is 5.69 Å². The smallest absolute Gasteiger partial charge is 0.0417 e. The van der Waals surface area contributed by atoms with E-state index in [1.165, 1.54) is 30.6 Å². The van der Waals surface area contributed by atoms with E-state index in [0.717, 1.165) is 6.42 Å². The van der Waals surface area contributed by atoms with Gasteiger partial charge in [0, 0.05) is 24.3 Å². The van der Waals surface area contributed by atoms with Crippen molar-refractivity contribution in [2.75, 3.05) is 11.4 Å². The number of nitrogens with zero attached hydrogens (tertiary/aromatic N) is 1. The molecular formula is C14H22N2. The largest absolute Gasteiger partial charge is 0.369 e. The first kappa shape index (κ1) is 11.5. The molecule has 0 spiro atoms. The third kappa shape index (κ3) is 2.07. The Morgan fingerprint density at radius 3 is 2.81 bits per heavy atom. The Kier molecular flexibility index (Phi) is 3.49. The van der Waals surface area contributed by atoms with Gasteiger partial charge in [0.15, 0.2) is 0 Å². The van der Waals surface area contributed by atoms with Gasteiger partial charge in [0.05, 0.1) is 0 Å². The first-order chi connectivity index (χ1) is 7.74. The number of nitrogens with two attached hydrogens (primary N) is 1. The van der Waals surface area contributed by atoms with E-state index in [-0.39, 0.29) is 6.04 Å². The highest BCUT2D eigenvalue weighted by atomic mass is 15.2. The molecule has 1 saturated heterocycles. The summed E-state index contributed by atoms with van der Waals surface area (Å²) in [4.78, 5) is 2.50. The highest BCUT2D eigenvalue weighted by Crippen LogP contribution is 2.31. The van der Waals surface area contributed by atoms with Crippen LogP contribution in [0.3, 0.4) is 0 Å². The maximum Gasteiger partial charge on any atom is 0.0417 e. The second kappa shape index (κ2) is 4.88. The van der Waals surface area contributed by atoms with Gasteiger partial charge in [0.25, 0.3) is 0 Å². The number of hydrogen-bond acceptors (Lipinski definition) is 2. The summed E-state index contributed by atoms with van der Waals surface area (Å²) >= 11 is 0. The lowest BCUT2D eigenvalue weighted by Crippen LogP contribution is -2.28. The van der Waals surface area contributed by atoms with Gasteiger partial charge in [-0.1, -0.05) is 25.1 Å². The van der Waals surface area contributed by atoms with Crippen molar-refractivity contribution in [2.45, 2.75) is 45.2 Å². The van der Waals surface area contributed by atoms with Gasteiger partial charge in [-0.2, -0.15) is 0 Å². The Labute approximate surface area is 98.4 Å². The van der Waals surface area contributed by atoms with Crippen LogP contribution >= 0.6 is 0 Å². The number of benzene rings is 1. The van der Waals surface area contributed by atoms with Crippen molar-refractivity contribution in [1.29, 1.82) is 0 Å². The molecule has 1 aliphatic heterocycles. The topological polar surface area (TPSA) is 29.3 Å². The van der Waals surface area contributed by atoms with Crippen LogP contribution < -0.4 is 10.6 Å². The molecule has 0 saturated carbocycles. The van der Waals surface area contributed by atoms with Crippen LogP contribution in [-0.4, -0.2) is 12.6 Å². The average molecular weight is 218 g/mol. The molecule has 1 unspecified atom stereocenters. The van der Waals surface area contributed by atoms with E-state index in [0.29, 0.717) is 6.04 Å². The fourth-order valence-corrected chi connectivity index (χ4v) is 2.57. The van der Waals surface area contributed by atoms with Crippen LogP contribution in [0, 0.1) is 0 Å². The Morgan fingerprint density at radius 1 is 1.44 bits per heavy atom. The van der Waals surface area contributed by atoms with E-state index in [9.17, 15) is 0 Å². The van der Waals surface area contributed by atoms with Gasteiger partial charge in [-0.25, -0.2) is 0 Å². The van der Waals surface area contributed by atoms with Gasteiger partial charge >= 0.3 is 0 Å². The van der Waals surface area contributed by atoms with Gasteiger partial charge in [-0.3, -0.25) is 0 Å². The zero-order chi connectivity index (χ0) is 11.5. The van der Waals surface area contributed by atoms with Crippen LogP contribution in [0.15, 0.2) is 24.3 Å². The fourth-order valence-electron chi connectivity index (χ4n) is 2.57. The second-order valence-corrected chi connectivity index (χ2v) is 4.76. The lowest BCUT2D eigenvalue weighted by atomic mass is 10.0. The summed E-state index contributed by atoms with van der Waals surface area (Å²) in [5.74, 6) is 0. The number of anilines is 1. The number of hydrogen-bond donors (Lipinski definition) is 1. The first-order valence-electron chi connectivity index (χ1n) is 6.35. The molecule has 0 amide bonds. The van der Waals surface area contributed by atoms with Crippen molar-refractivity contribution in [3.05, 3.63) is 29.8 Å². The third-order valence-corrected chi connectivity index (χ3v) is 3.64. The van der Waals surface area contributed by atoms with Crippen LogP contribution in [0.2, 0.25) is 0 Å². The van der Waals surface area contributed by atoms with Crippen LogP contribution in [0.25, 0.3) is 0 Å². The van der Waals surface area contributed by atoms with Gasteiger partial charge in [0.2, 0.25) is 0 Å². The second-order valence-electron chi connectivity index (χ2n) is 4.76. The predicted octanol–water partition coefficient (Wildman–Crippen LogP) is 3.09. The lowest BCUT2D eigenvalue weighted by Gasteiger charge is -2.28. The Hall–Kier alpha value is -1.02. The SMILES string of the molecule is CC[C@@H](N)c1ccccc1N1CCCC1C. The van der Waals surface area contributed by atoms with E-state index in [2.05, 4.69) is 43.0 Å². The van der Waals surface area contributed by atoms with E-state index in [4.69, 9.17) is 5.73 Å². The van der Waals surface area contributed by atoms with E-state index in [1.54, 1.807) is 0 Å². The molecule has 1 aliphatic rings. The summed E-state index contributed by atoms with van der Waals surface area (Å²) in [7, 11) is 0. The number of rotatable bonds is 3. The highest BCUT2D eigenvalue weighted by Gasteiger charge is 2.23. The maximum atomic E-state index is 6.18. The van der Waals surface area contributed by atoms with Crippen LogP contribution in [0.5, 0.6) is 0 Å². The summed E-state index contributed by atoms with van der Waals surface area (Å²) < 4.78 is 0. The zero-order valence-electron chi connectivity index (χ0n) is 10.3. The van der Waals surface area contributed by atoms with Gasteiger partial charge in [-0.05, 0) is 37.8 Å². The molecule has 2 rings (SSSR count). The molecule has 88 valence electrons. The average Bonchev–Trinajstić information content (AvgIpc) is 2.74. The molecule has 1 heterocycles. The van der Waals surface area contributed by atoms with Crippen molar-refractivity contribution in [3.8, 4) is 0 Å². The third-order valence-electron chi connectivity index (χ3n) is 3.64. The molecule has 0 aromatic heterocycles. The molecule has 2 atom stereocenters. The molecule has 2 nitrogen and oxygen atoms in total. The van der Waals surface area contributed by atoms with Crippen LogP contribution in [0.4, 0.5) is 5.69 Å². The Bertz CT molecular complexity index is 348. The number of para-hydroxylation sites is 1. The minimum Gasteiger partial charge on any atom is -0.369 e. The van der Waals surface area contributed by atoms with Crippen molar-refractivity contribution in [3.63, 3.8) is 0 Å². The summed E-state index contributed by atoms with van der Waals surface area (Å²) in [5.41, 5.74) is 8.83. The van der Waals surface area contributed by atoms with Gasteiger partial charge in [-0.15, -0.1) is 0 Å². The monoisotopic (exact) mass is 218 g/mol. The summed E-state index contributed by atoms with van der Waals surface area (Å²) in [6.07, 6.45) is 3.60. The maximum absolute atomic E-state index is 6.18. The van der Waals surface area contributed by atoms with Crippen molar-refractivity contribution in [2.24, 2.45) is 5.73 Å². The summed E-state index contributed by atoms with van der Waals surface area (Å²) in [6.45, 7) is 5.63. The minimum absolute atomic E-state index is 0.170. The summed E-state index contributed by atoms with van der Waals surface area (Å²) in [6, 6.07) is 9.43.